The Bertz CT molecular complexity index is 4580. The summed E-state index contributed by atoms with van der Waals surface area (Å²) in [5, 5.41) is 12.1. The molecule has 0 fully saturated rings. The SMILES string of the molecule is C=C(/C=C\C=NC)c1cc(-c2cccnc2)cc(-c2c3ccccc3c(-c3cccc4c3sc3cccc(-c5c6ccccc6c(-c6cc(-c7cccnc7)cc(-c7cccnc7)c6)c6ccccc56)c34)c3ccccc23)c1. The molecule has 5 heteroatoms. The summed E-state index contributed by atoms with van der Waals surface area (Å²) in [4.78, 5) is 17.7. The minimum absolute atomic E-state index is 0.904. The zero-order valence-corrected chi connectivity index (χ0v) is 43.5. The van der Waals surface area contributed by atoms with Crippen LogP contribution in [0.15, 0.2) is 267 Å². The van der Waals surface area contributed by atoms with Gasteiger partial charge in [-0.3, -0.25) is 19.9 Å². The van der Waals surface area contributed by atoms with Crippen molar-refractivity contribution in [3.05, 3.63) is 268 Å². The van der Waals surface area contributed by atoms with E-state index < -0.39 is 0 Å². The number of aromatic nitrogens is 3. The molecule has 0 saturated heterocycles. The molecule has 78 heavy (non-hydrogen) atoms. The average Bonchev–Trinajstić information content (AvgIpc) is 3.92. The van der Waals surface area contributed by atoms with E-state index in [0.717, 1.165) is 55.6 Å². The van der Waals surface area contributed by atoms with E-state index in [2.05, 4.69) is 215 Å². The Labute approximate surface area is 456 Å². The van der Waals surface area contributed by atoms with Crippen LogP contribution in [-0.4, -0.2) is 28.2 Å². The highest BCUT2D eigenvalue weighted by molar-refractivity contribution is 7.26. The fraction of sp³-hybridized carbons (Fsp3) is 0.0137. The van der Waals surface area contributed by atoms with Crippen molar-refractivity contribution in [3.63, 3.8) is 0 Å². The number of hydrogen-bond donors (Lipinski definition) is 0. The molecule has 10 aromatic carbocycles. The normalized spacial score (nSPS) is 11.9. The fourth-order valence-electron chi connectivity index (χ4n) is 11.9. The molecule has 4 heterocycles. The van der Waals surface area contributed by atoms with Gasteiger partial charge in [0.1, 0.15) is 0 Å². The molecule has 0 unspecified atom stereocenters. The van der Waals surface area contributed by atoms with Crippen LogP contribution in [0.25, 0.3) is 147 Å². The molecule has 14 aromatic rings. The molecule has 0 aliphatic heterocycles. The smallest absolute Gasteiger partial charge is 0.0434 e. The van der Waals surface area contributed by atoms with Gasteiger partial charge in [-0.15, -0.1) is 11.3 Å². The predicted molar refractivity (Wildman–Crippen MR) is 333 cm³/mol. The van der Waals surface area contributed by atoms with Gasteiger partial charge in [0.2, 0.25) is 0 Å². The van der Waals surface area contributed by atoms with E-state index in [4.69, 9.17) is 0 Å². The molecular weight excluding hydrogens is 965 g/mol. The maximum Gasteiger partial charge on any atom is 0.0434 e. The van der Waals surface area contributed by atoms with Crippen LogP contribution in [0.3, 0.4) is 0 Å². The van der Waals surface area contributed by atoms with Crippen molar-refractivity contribution in [1.29, 1.82) is 0 Å². The number of fused-ring (bicyclic) bond motifs is 7. The molecule has 0 aliphatic rings. The molecule has 0 radical (unpaired) electrons. The number of benzene rings is 10. The van der Waals surface area contributed by atoms with Crippen molar-refractivity contribution >= 4 is 86.4 Å². The Balaban J connectivity index is 0.992. The number of pyridine rings is 3. The second kappa shape index (κ2) is 19.6. The van der Waals surface area contributed by atoms with Crippen LogP contribution in [0.2, 0.25) is 0 Å². The number of allylic oxidation sites excluding steroid dienone is 3. The quantitative estimate of drug-likeness (QED) is 0.0779. The molecule has 0 N–H and O–H groups in total. The number of thiophene rings is 1. The van der Waals surface area contributed by atoms with Crippen LogP contribution >= 0.6 is 11.3 Å². The lowest BCUT2D eigenvalue weighted by Crippen LogP contribution is -1.93. The highest BCUT2D eigenvalue weighted by Gasteiger charge is 2.24. The lowest BCUT2D eigenvalue weighted by atomic mass is 9.83. The highest BCUT2D eigenvalue weighted by atomic mass is 32.1. The van der Waals surface area contributed by atoms with Gasteiger partial charge in [-0.05, 0) is 177 Å². The van der Waals surface area contributed by atoms with E-state index in [1.165, 1.54) is 96.6 Å². The minimum atomic E-state index is 0.904. The van der Waals surface area contributed by atoms with E-state index in [1.807, 2.05) is 78.9 Å². The molecule has 366 valence electrons. The summed E-state index contributed by atoms with van der Waals surface area (Å²) in [7, 11) is 1.78. The summed E-state index contributed by atoms with van der Waals surface area (Å²) in [6, 6.07) is 75.8. The van der Waals surface area contributed by atoms with Gasteiger partial charge < -0.3 is 0 Å². The van der Waals surface area contributed by atoms with Gasteiger partial charge in [-0.25, -0.2) is 0 Å². The third-order valence-electron chi connectivity index (χ3n) is 15.3. The summed E-state index contributed by atoms with van der Waals surface area (Å²) >= 11 is 1.89. The first-order chi connectivity index (χ1) is 38.6. The molecule has 0 saturated carbocycles. The van der Waals surface area contributed by atoms with Crippen LogP contribution in [0.1, 0.15) is 5.56 Å². The Hall–Kier alpha value is -9.94. The second-order valence-electron chi connectivity index (χ2n) is 19.8. The first-order valence-electron chi connectivity index (χ1n) is 26.2. The standard InChI is InChI=1S/C73H48N4S/c1-46(17-13-33-74-2)50-37-51(47-18-14-34-75-43-47)40-54(38-50)68-58-23-5-9-27-62(58)71(63-28-10-6-24-59(63)68)65-30-11-31-66-72-64(29-12-32-67(72)78-73(65)66)70-60-25-7-3-21-56(60)69(57-22-4-8-26-61(57)70)55-41-52(48-19-15-35-76-44-48)39-53(42-55)49-20-16-36-77-45-49/h3-45H,1H2,2H3/b17-13-,74-33?. The van der Waals surface area contributed by atoms with Gasteiger partial charge in [0.15, 0.2) is 0 Å². The van der Waals surface area contributed by atoms with Crippen molar-refractivity contribution < 1.29 is 0 Å². The summed E-state index contributed by atoms with van der Waals surface area (Å²) in [6.45, 7) is 4.52. The summed E-state index contributed by atoms with van der Waals surface area (Å²) in [5.41, 5.74) is 18.0. The van der Waals surface area contributed by atoms with Crippen LogP contribution in [0.4, 0.5) is 0 Å². The molecule has 0 bridgehead atoms. The zero-order valence-electron chi connectivity index (χ0n) is 42.7. The van der Waals surface area contributed by atoms with E-state index in [1.54, 1.807) is 13.3 Å². The van der Waals surface area contributed by atoms with E-state index in [-0.39, 0.29) is 0 Å². The lowest BCUT2D eigenvalue weighted by molar-refractivity contribution is 1.32. The molecule has 0 spiro atoms. The minimum Gasteiger partial charge on any atom is -0.297 e. The molecule has 0 aliphatic carbocycles. The molecular formula is C73H48N4S. The van der Waals surface area contributed by atoms with E-state index >= 15 is 0 Å². The van der Waals surface area contributed by atoms with Crippen LogP contribution in [0.5, 0.6) is 0 Å². The molecule has 0 atom stereocenters. The van der Waals surface area contributed by atoms with Gasteiger partial charge in [-0.2, -0.15) is 0 Å². The lowest BCUT2D eigenvalue weighted by Gasteiger charge is -2.20. The van der Waals surface area contributed by atoms with Crippen LogP contribution in [0, 0.1) is 0 Å². The maximum absolute atomic E-state index is 4.52. The maximum atomic E-state index is 4.52. The van der Waals surface area contributed by atoms with E-state index in [0.29, 0.717) is 0 Å². The van der Waals surface area contributed by atoms with Crippen molar-refractivity contribution in [3.8, 4) is 77.9 Å². The second-order valence-corrected chi connectivity index (χ2v) is 20.8. The van der Waals surface area contributed by atoms with Gasteiger partial charge in [-0.1, -0.05) is 158 Å². The van der Waals surface area contributed by atoms with Crippen molar-refractivity contribution in [2.45, 2.75) is 0 Å². The largest absolute Gasteiger partial charge is 0.297 e. The molecule has 0 amide bonds. The molecule has 14 rings (SSSR count). The van der Waals surface area contributed by atoms with E-state index in [9.17, 15) is 0 Å². The molecule has 4 aromatic heterocycles. The van der Waals surface area contributed by atoms with Gasteiger partial charge in [0, 0.05) is 92.9 Å². The number of nitrogens with zero attached hydrogens (tertiary/aromatic N) is 4. The Kier molecular flexibility index (Phi) is 11.7. The van der Waals surface area contributed by atoms with Gasteiger partial charge in [0.05, 0.1) is 0 Å². The monoisotopic (exact) mass is 1010 g/mol. The molecule has 4 nitrogen and oxygen atoms in total. The summed E-state index contributed by atoms with van der Waals surface area (Å²) < 4.78 is 2.52. The Morgan fingerprint density at radius 1 is 0.397 bits per heavy atom. The van der Waals surface area contributed by atoms with Gasteiger partial charge in [0.25, 0.3) is 0 Å². The average molecular weight is 1010 g/mol. The first-order valence-corrected chi connectivity index (χ1v) is 27.0. The van der Waals surface area contributed by atoms with Gasteiger partial charge >= 0.3 is 0 Å². The summed E-state index contributed by atoms with van der Waals surface area (Å²) in [5.74, 6) is 0. The van der Waals surface area contributed by atoms with Crippen molar-refractivity contribution in [1.82, 2.24) is 15.0 Å². The van der Waals surface area contributed by atoms with Crippen LogP contribution in [-0.2, 0) is 0 Å². The van der Waals surface area contributed by atoms with Crippen molar-refractivity contribution in [2.75, 3.05) is 7.05 Å². The third kappa shape index (κ3) is 7.99. The third-order valence-corrected chi connectivity index (χ3v) is 16.5. The fourth-order valence-corrected chi connectivity index (χ4v) is 13.1. The zero-order chi connectivity index (χ0) is 52.1. The van der Waals surface area contributed by atoms with Crippen LogP contribution < -0.4 is 0 Å². The number of hydrogen-bond acceptors (Lipinski definition) is 5. The van der Waals surface area contributed by atoms with Crippen molar-refractivity contribution in [2.24, 2.45) is 4.99 Å². The number of aliphatic imine (C=N–C) groups is 1. The summed E-state index contributed by atoms with van der Waals surface area (Å²) in [6.07, 6.45) is 17.1. The Morgan fingerprint density at radius 3 is 1.27 bits per heavy atom. The Morgan fingerprint density at radius 2 is 0.795 bits per heavy atom. The highest BCUT2D eigenvalue weighted by Crippen LogP contribution is 2.52. The topological polar surface area (TPSA) is 51.0 Å². The first kappa shape index (κ1) is 46.6. The number of rotatable bonds is 10. The predicted octanol–water partition coefficient (Wildman–Crippen LogP) is 19.8.